The number of ether oxygens (including phenoxy) is 1. The number of halogens is 1. The fourth-order valence-electron chi connectivity index (χ4n) is 3.32. The summed E-state index contributed by atoms with van der Waals surface area (Å²) in [5.41, 5.74) is 3.66. The summed E-state index contributed by atoms with van der Waals surface area (Å²) in [6.45, 7) is 4.56. The smallest absolute Gasteiger partial charge is 0.244 e. The zero-order chi connectivity index (χ0) is 18.7. The number of nitrogens with zero attached hydrogens (tertiary/aromatic N) is 2. The van der Waals surface area contributed by atoms with Crippen molar-refractivity contribution < 1.29 is 13.9 Å². The van der Waals surface area contributed by atoms with Gasteiger partial charge in [0.05, 0.1) is 17.8 Å². The molecule has 2 unspecified atom stereocenters. The van der Waals surface area contributed by atoms with Crippen molar-refractivity contribution in [2.24, 2.45) is 7.05 Å². The number of rotatable bonds is 5. The van der Waals surface area contributed by atoms with Gasteiger partial charge in [-0.3, -0.25) is 9.48 Å². The molecule has 1 amide bonds. The Kier molecular flexibility index (Phi) is 5.52. The SMILES string of the molecule is Cc1nn(C)c(C)c1C=CC(=O)NC(c1ccc(F)cc1)C1CCCO1. The van der Waals surface area contributed by atoms with Gasteiger partial charge >= 0.3 is 0 Å². The first-order valence-corrected chi connectivity index (χ1v) is 8.81. The first kappa shape index (κ1) is 18.3. The van der Waals surface area contributed by atoms with Crippen LogP contribution in [0.1, 0.15) is 41.4 Å². The van der Waals surface area contributed by atoms with Gasteiger partial charge in [-0.2, -0.15) is 5.10 Å². The van der Waals surface area contributed by atoms with E-state index >= 15 is 0 Å². The van der Waals surface area contributed by atoms with Crippen LogP contribution in [-0.2, 0) is 16.6 Å². The van der Waals surface area contributed by atoms with Crippen LogP contribution in [0.5, 0.6) is 0 Å². The van der Waals surface area contributed by atoms with E-state index in [1.54, 1.807) is 22.9 Å². The molecule has 2 aromatic rings. The van der Waals surface area contributed by atoms with E-state index in [-0.39, 0.29) is 23.9 Å². The molecule has 2 heterocycles. The van der Waals surface area contributed by atoms with Gasteiger partial charge < -0.3 is 10.1 Å². The van der Waals surface area contributed by atoms with Crippen LogP contribution >= 0.6 is 0 Å². The maximum absolute atomic E-state index is 13.2. The molecule has 1 aromatic carbocycles. The molecule has 0 saturated carbocycles. The lowest BCUT2D eigenvalue weighted by Gasteiger charge is -2.24. The molecular weight excluding hydrogens is 333 g/mol. The van der Waals surface area contributed by atoms with Crippen molar-refractivity contribution in [3.8, 4) is 0 Å². The Labute approximate surface area is 152 Å². The Hall–Kier alpha value is -2.47. The molecule has 1 aromatic heterocycles. The highest BCUT2D eigenvalue weighted by Gasteiger charge is 2.28. The van der Waals surface area contributed by atoms with Gasteiger partial charge in [0.2, 0.25) is 5.91 Å². The van der Waals surface area contributed by atoms with Crippen molar-refractivity contribution in [2.45, 2.75) is 38.8 Å². The Morgan fingerprint density at radius 1 is 1.38 bits per heavy atom. The van der Waals surface area contributed by atoms with Crippen LogP contribution in [0.4, 0.5) is 4.39 Å². The summed E-state index contributed by atoms with van der Waals surface area (Å²) in [6, 6.07) is 5.90. The summed E-state index contributed by atoms with van der Waals surface area (Å²) in [5.74, 6) is -0.508. The third-order valence-electron chi connectivity index (χ3n) is 4.83. The summed E-state index contributed by atoms with van der Waals surface area (Å²) in [6.07, 6.45) is 5.03. The average Bonchev–Trinajstić information content (AvgIpc) is 3.22. The van der Waals surface area contributed by atoms with Gasteiger partial charge in [-0.05, 0) is 50.5 Å². The monoisotopic (exact) mass is 357 g/mol. The molecule has 1 aliphatic rings. The van der Waals surface area contributed by atoms with Crippen molar-refractivity contribution in [1.29, 1.82) is 0 Å². The molecule has 0 aliphatic carbocycles. The predicted octanol–water partition coefficient (Wildman–Crippen LogP) is 3.23. The number of hydrogen-bond acceptors (Lipinski definition) is 3. The van der Waals surface area contributed by atoms with E-state index in [9.17, 15) is 9.18 Å². The Balaban J connectivity index is 1.76. The lowest BCUT2D eigenvalue weighted by molar-refractivity contribution is -0.118. The molecule has 5 nitrogen and oxygen atoms in total. The van der Waals surface area contributed by atoms with Crippen LogP contribution in [0.25, 0.3) is 6.08 Å². The highest BCUT2D eigenvalue weighted by Crippen LogP contribution is 2.27. The minimum Gasteiger partial charge on any atom is -0.376 e. The number of carbonyl (C=O) groups is 1. The number of carbonyl (C=O) groups excluding carboxylic acids is 1. The quantitative estimate of drug-likeness (QED) is 0.836. The van der Waals surface area contributed by atoms with Gasteiger partial charge in [-0.15, -0.1) is 0 Å². The summed E-state index contributed by atoms with van der Waals surface area (Å²) in [4.78, 5) is 12.5. The minimum atomic E-state index is -0.300. The van der Waals surface area contributed by atoms with Crippen molar-refractivity contribution >= 4 is 12.0 Å². The number of amides is 1. The third kappa shape index (κ3) is 4.02. The number of nitrogens with one attached hydrogen (secondary N) is 1. The molecule has 138 valence electrons. The maximum atomic E-state index is 13.2. The Morgan fingerprint density at radius 3 is 2.69 bits per heavy atom. The van der Waals surface area contributed by atoms with E-state index in [2.05, 4.69) is 10.4 Å². The molecule has 0 radical (unpaired) electrons. The molecule has 3 rings (SSSR count). The lowest BCUT2D eigenvalue weighted by Crippen LogP contribution is -2.35. The second kappa shape index (κ2) is 7.83. The molecule has 0 spiro atoms. The first-order chi connectivity index (χ1) is 12.5. The molecular formula is C20H24FN3O2. The van der Waals surface area contributed by atoms with Crippen LogP contribution in [0.2, 0.25) is 0 Å². The van der Waals surface area contributed by atoms with E-state index in [4.69, 9.17) is 4.74 Å². The van der Waals surface area contributed by atoms with Gasteiger partial charge in [-0.25, -0.2) is 4.39 Å². The summed E-state index contributed by atoms with van der Waals surface area (Å²) < 4.78 is 20.8. The van der Waals surface area contributed by atoms with Crippen molar-refractivity contribution in [2.75, 3.05) is 6.61 Å². The fraction of sp³-hybridized carbons (Fsp3) is 0.400. The highest BCUT2D eigenvalue weighted by molar-refractivity contribution is 5.92. The van der Waals surface area contributed by atoms with Crippen LogP contribution in [0.15, 0.2) is 30.3 Å². The van der Waals surface area contributed by atoms with Gasteiger partial charge in [0.1, 0.15) is 5.82 Å². The Morgan fingerprint density at radius 2 is 2.12 bits per heavy atom. The molecule has 6 heteroatoms. The first-order valence-electron chi connectivity index (χ1n) is 8.81. The highest BCUT2D eigenvalue weighted by atomic mass is 19.1. The largest absolute Gasteiger partial charge is 0.376 e. The summed E-state index contributed by atoms with van der Waals surface area (Å²) >= 11 is 0. The lowest BCUT2D eigenvalue weighted by atomic mass is 9.99. The summed E-state index contributed by atoms with van der Waals surface area (Å²) in [5, 5.41) is 7.36. The molecule has 1 N–H and O–H groups in total. The van der Waals surface area contributed by atoms with E-state index in [0.717, 1.165) is 35.4 Å². The van der Waals surface area contributed by atoms with Crippen LogP contribution in [0, 0.1) is 19.7 Å². The molecule has 26 heavy (non-hydrogen) atoms. The van der Waals surface area contributed by atoms with Crippen molar-refractivity contribution in [3.05, 3.63) is 58.7 Å². The van der Waals surface area contributed by atoms with Crippen LogP contribution < -0.4 is 5.32 Å². The molecule has 1 fully saturated rings. The number of benzene rings is 1. The van der Waals surface area contributed by atoms with Crippen LogP contribution in [0.3, 0.4) is 0 Å². The van der Waals surface area contributed by atoms with Crippen LogP contribution in [-0.4, -0.2) is 28.4 Å². The van der Waals surface area contributed by atoms with Gasteiger partial charge in [0.15, 0.2) is 0 Å². The van der Waals surface area contributed by atoms with Crippen molar-refractivity contribution in [1.82, 2.24) is 15.1 Å². The van der Waals surface area contributed by atoms with E-state index < -0.39 is 0 Å². The zero-order valence-corrected chi connectivity index (χ0v) is 15.3. The molecule has 1 aliphatic heterocycles. The second-order valence-electron chi connectivity index (χ2n) is 6.63. The van der Waals surface area contributed by atoms with Crippen molar-refractivity contribution in [3.63, 3.8) is 0 Å². The number of aryl methyl sites for hydroxylation is 2. The normalized spacial score (nSPS) is 18.4. The minimum absolute atomic E-state index is 0.0975. The maximum Gasteiger partial charge on any atom is 0.244 e. The zero-order valence-electron chi connectivity index (χ0n) is 15.3. The number of hydrogen-bond donors (Lipinski definition) is 1. The van der Waals surface area contributed by atoms with E-state index in [1.165, 1.54) is 18.2 Å². The van der Waals surface area contributed by atoms with E-state index in [0.29, 0.717) is 6.61 Å². The van der Waals surface area contributed by atoms with Gasteiger partial charge in [0, 0.05) is 31.0 Å². The van der Waals surface area contributed by atoms with E-state index in [1.807, 2.05) is 20.9 Å². The second-order valence-corrected chi connectivity index (χ2v) is 6.63. The fourth-order valence-corrected chi connectivity index (χ4v) is 3.32. The third-order valence-corrected chi connectivity index (χ3v) is 4.83. The standard InChI is InChI=1S/C20H24FN3O2/c1-13-17(14(2)24(3)23-13)10-11-19(25)22-20(18-5-4-12-26-18)15-6-8-16(21)9-7-15/h6-11,18,20H,4-5,12H2,1-3H3,(H,22,25). The summed E-state index contributed by atoms with van der Waals surface area (Å²) in [7, 11) is 1.88. The predicted molar refractivity (Wildman–Crippen MR) is 98.0 cm³/mol. The van der Waals surface area contributed by atoms with Gasteiger partial charge in [-0.1, -0.05) is 12.1 Å². The molecule has 1 saturated heterocycles. The Bertz CT molecular complexity index is 805. The number of aromatic nitrogens is 2. The average molecular weight is 357 g/mol. The topological polar surface area (TPSA) is 56.2 Å². The molecule has 2 atom stereocenters. The molecule has 0 bridgehead atoms. The van der Waals surface area contributed by atoms with Gasteiger partial charge in [0.25, 0.3) is 0 Å².